The summed E-state index contributed by atoms with van der Waals surface area (Å²) in [6.45, 7) is 0.500. The Hall–Kier alpha value is -3.21. The molecule has 1 fully saturated rings. The zero-order chi connectivity index (χ0) is 21.1. The number of benzene rings is 3. The summed E-state index contributed by atoms with van der Waals surface area (Å²) in [5.74, 6) is -0.184. The molecular formula is C23H20N2O4S. The average molecular weight is 420 g/mol. The summed E-state index contributed by atoms with van der Waals surface area (Å²) in [6, 6.07) is 21.2. The van der Waals surface area contributed by atoms with Crippen LogP contribution in [-0.4, -0.2) is 31.8 Å². The quantitative estimate of drug-likeness (QED) is 0.474. The second-order valence-electron chi connectivity index (χ2n) is 7.24. The van der Waals surface area contributed by atoms with E-state index in [0.29, 0.717) is 24.2 Å². The van der Waals surface area contributed by atoms with Gasteiger partial charge in [0.05, 0.1) is 22.4 Å². The number of nitrogens with zero attached hydrogens (tertiary/aromatic N) is 2. The van der Waals surface area contributed by atoms with Crippen molar-refractivity contribution in [3.8, 4) is 11.8 Å². The molecule has 1 heterocycles. The molecule has 1 saturated heterocycles. The molecule has 0 amide bonds. The van der Waals surface area contributed by atoms with Gasteiger partial charge >= 0.3 is 5.97 Å². The monoisotopic (exact) mass is 420 g/mol. The van der Waals surface area contributed by atoms with Crippen LogP contribution < -0.4 is 4.74 Å². The number of ether oxygens (including phenoxy) is 1. The van der Waals surface area contributed by atoms with Crippen LogP contribution in [0, 0.1) is 17.2 Å². The third kappa shape index (κ3) is 4.06. The summed E-state index contributed by atoms with van der Waals surface area (Å²) in [5.41, 5.74) is 0.407. The van der Waals surface area contributed by atoms with Crippen LogP contribution in [0.25, 0.3) is 10.8 Å². The fraction of sp³-hybridized carbons (Fsp3) is 0.217. The summed E-state index contributed by atoms with van der Waals surface area (Å²) < 4.78 is 32.6. The molecule has 0 unspecified atom stereocenters. The minimum absolute atomic E-state index is 0.152. The Morgan fingerprint density at radius 3 is 2.30 bits per heavy atom. The molecule has 0 bridgehead atoms. The van der Waals surface area contributed by atoms with E-state index in [0.717, 1.165) is 10.8 Å². The summed E-state index contributed by atoms with van der Waals surface area (Å²) in [5, 5.41) is 10.9. The molecule has 152 valence electrons. The lowest BCUT2D eigenvalue weighted by Gasteiger charge is -2.30. The zero-order valence-corrected chi connectivity index (χ0v) is 17.0. The number of carbonyl (C=O) groups is 1. The van der Waals surface area contributed by atoms with Crippen molar-refractivity contribution in [2.75, 3.05) is 13.1 Å². The Morgan fingerprint density at radius 2 is 1.63 bits per heavy atom. The van der Waals surface area contributed by atoms with Crippen molar-refractivity contribution < 1.29 is 17.9 Å². The van der Waals surface area contributed by atoms with Gasteiger partial charge in [0, 0.05) is 13.1 Å². The molecule has 30 heavy (non-hydrogen) atoms. The average Bonchev–Trinajstić information content (AvgIpc) is 2.79. The fourth-order valence-electron chi connectivity index (χ4n) is 3.61. The molecule has 0 N–H and O–H groups in total. The highest BCUT2D eigenvalue weighted by atomic mass is 32.2. The number of piperidine rings is 1. The standard InChI is InChI=1S/C23H20N2O4S/c24-16-17-5-9-22(10-6-17)30(27,28)25-13-11-19(12-14-25)23(26)29-21-8-7-18-3-1-2-4-20(18)15-21/h1-10,15,19H,11-14H2. The lowest BCUT2D eigenvalue weighted by Crippen LogP contribution is -2.41. The highest BCUT2D eigenvalue weighted by Crippen LogP contribution is 2.27. The van der Waals surface area contributed by atoms with Gasteiger partial charge < -0.3 is 4.74 Å². The van der Waals surface area contributed by atoms with Crippen LogP contribution in [0.3, 0.4) is 0 Å². The second kappa shape index (κ2) is 8.27. The van der Waals surface area contributed by atoms with Crippen LogP contribution in [0.2, 0.25) is 0 Å². The van der Waals surface area contributed by atoms with Crippen molar-refractivity contribution in [2.24, 2.45) is 5.92 Å². The van der Waals surface area contributed by atoms with Gasteiger partial charge in [-0.2, -0.15) is 9.57 Å². The topological polar surface area (TPSA) is 87.5 Å². The van der Waals surface area contributed by atoms with Gasteiger partial charge in [-0.05, 0) is 60.0 Å². The molecule has 3 aromatic carbocycles. The fourth-order valence-corrected chi connectivity index (χ4v) is 5.08. The smallest absolute Gasteiger partial charge is 0.314 e. The van der Waals surface area contributed by atoms with E-state index in [-0.39, 0.29) is 29.9 Å². The van der Waals surface area contributed by atoms with Crippen LogP contribution in [0.5, 0.6) is 5.75 Å². The number of fused-ring (bicyclic) bond motifs is 1. The Kier molecular flexibility index (Phi) is 5.53. The number of esters is 1. The maximum Gasteiger partial charge on any atom is 0.314 e. The molecule has 7 heteroatoms. The van der Waals surface area contributed by atoms with Crippen molar-refractivity contribution in [1.29, 1.82) is 5.26 Å². The number of hydrogen-bond acceptors (Lipinski definition) is 5. The minimum Gasteiger partial charge on any atom is -0.426 e. The molecule has 1 aliphatic heterocycles. The first-order valence-corrected chi connectivity index (χ1v) is 11.1. The van der Waals surface area contributed by atoms with Crippen molar-refractivity contribution in [3.05, 3.63) is 72.3 Å². The van der Waals surface area contributed by atoms with E-state index in [4.69, 9.17) is 10.00 Å². The first kappa shape index (κ1) is 20.1. The van der Waals surface area contributed by atoms with E-state index in [1.54, 1.807) is 6.07 Å². The van der Waals surface area contributed by atoms with Crippen LogP contribution in [0.4, 0.5) is 0 Å². The van der Waals surface area contributed by atoms with E-state index in [1.165, 1.54) is 28.6 Å². The van der Waals surface area contributed by atoms with Gasteiger partial charge in [-0.25, -0.2) is 8.42 Å². The summed E-state index contributed by atoms with van der Waals surface area (Å²) in [7, 11) is -3.65. The van der Waals surface area contributed by atoms with Gasteiger partial charge in [0.2, 0.25) is 10.0 Å². The summed E-state index contributed by atoms with van der Waals surface area (Å²) in [4.78, 5) is 12.7. The molecule has 6 nitrogen and oxygen atoms in total. The maximum atomic E-state index is 12.8. The first-order chi connectivity index (χ1) is 14.5. The number of sulfonamides is 1. The summed E-state index contributed by atoms with van der Waals surface area (Å²) in [6.07, 6.45) is 0.809. The molecule has 3 aromatic rings. The van der Waals surface area contributed by atoms with E-state index in [2.05, 4.69) is 0 Å². The largest absolute Gasteiger partial charge is 0.426 e. The third-order valence-electron chi connectivity index (χ3n) is 5.35. The predicted molar refractivity (Wildman–Crippen MR) is 112 cm³/mol. The van der Waals surface area contributed by atoms with Gasteiger partial charge in [0.1, 0.15) is 5.75 Å². The van der Waals surface area contributed by atoms with Crippen molar-refractivity contribution in [2.45, 2.75) is 17.7 Å². The third-order valence-corrected chi connectivity index (χ3v) is 7.26. The van der Waals surface area contributed by atoms with E-state index < -0.39 is 10.0 Å². The SMILES string of the molecule is N#Cc1ccc(S(=O)(=O)N2CCC(C(=O)Oc3ccc4ccccc4c3)CC2)cc1. The number of rotatable bonds is 4. The van der Waals surface area contributed by atoms with E-state index in [9.17, 15) is 13.2 Å². The zero-order valence-electron chi connectivity index (χ0n) is 16.2. The highest BCUT2D eigenvalue weighted by Gasteiger charge is 2.33. The Labute approximate surface area is 175 Å². The van der Waals surface area contributed by atoms with Gasteiger partial charge in [-0.1, -0.05) is 30.3 Å². The van der Waals surface area contributed by atoms with Crippen LogP contribution in [0.15, 0.2) is 71.6 Å². The molecule has 0 radical (unpaired) electrons. The van der Waals surface area contributed by atoms with Gasteiger partial charge in [-0.15, -0.1) is 0 Å². The predicted octanol–water partition coefficient (Wildman–Crippen LogP) is 3.72. The molecule has 4 rings (SSSR count). The normalized spacial score (nSPS) is 15.6. The number of hydrogen-bond donors (Lipinski definition) is 0. The first-order valence-electron chi connectivity index (χ1n) is 9.68. The lowest BCUT2D eigenvalue weighted by molar-refractivity contribution is -0.140. The molecular weight excluding hydrogens is 400 g/mol. The van der Waals surface area contributed by atoms with Crippen LogP contribution in [0.1, 0.15) is 18.4 Å². The van der Waals surface area contributed by atoms with Crippen molar-refractivity contribution in [3.63, 3.8) is 0 Å². The lowest BCUT2D eigenvalue weighted by atomic mass is 9.98. The maximum absolute atomic E-state index is 12.8. The molecule has 0 atom stereocenters. The molecule has 0 saturated carbocycles. The van der Waals surface area contributed by atoms with Crippen molar-refractivity contribution in [1.82, 2.24) is 4.31 Å². The Balaban J connectivity index is 1.39. The van der Waals surface area contributed by atoms with Crippen LogP contribution in [-0.2, 0) is 14.8 Å². The Bertz CT molecular complexity index is 1220. The molecule has 0 aromatic heterocycles. The van der Waals surface area contributed by atoms with Crippen LogP contribution >= 0.6 is 0 Å². The molecule has 1 aliphatic rings. The minimum atomic E-state index is -3.65. The Morgan fingerprint density at radius 1 is 0.967 bits per heavy atom. The number of nitriles is 1. The second-order valence-corrected chi connectivity index (χ2v) is 9.18. The molecule has 0 aliphatic carbocycles. The van der Waals surface area contributed by atoms with E-state index in [1.807, 2.05) is 42.5 Å². The summed E-state index contributed by atoms with van der Waals surface area (Å²) >= 11 is 0. The highest BCUT2D eigenvalue weighted by molar-refractivity contribution is 7.89. The molecule has 0 spiro atoms. The van der Waals surface area contributed by atoms with Gasteiger partial charge in [-0.3, -0.25) is 4.79 Å². The van der Waals surface area contributed by atoms with Gasteiger partial charge in [0.15, 0.2) is 0 Å². The van der Waals surface area contributed by atoms with Gasteiger partial charge in [0.25, 0.3) is 0 Å². The van der Waals surface area contributed by atoms with E-state index >= 15 is 0 Å². The number of carbonyl (C=O) groups excluding carboxylic acids is 1. The van der Waals surface area contributed by atoms with Crippen molar-refractivity contribution >= 4 is 26.8 Å².